The summed E-state index contributed by atoms with van der Waals surface area (Å²) in [5.41, 5.74) is 2.10. The molecule has 1 aromatic carbocycles. The quantitative estimate of drug-likeness (QED) is 0.770. The Morgan fingerprint density at radius 3 is 2.74 bits per heavy atom. The number of carbonyl (C=O) groups is 1. The van der Waals surface area contributed by atoms with E-state index in [0.717, 1.165) is 21.9 Å². The predicted octanol–water partition coefficient (Wildman–Crippen LogP) is 3.01. The molecule has 3 heterocycles. The van der Waals surface area contributed by atoms with Gasteiger partial charge in [0, 0.05) is 43.5 Å². The SMILES string of the molecule is Cn1cc(-c2ccc3cnc(NC(=O)CN4CCC(F)CC4)cc3c2)cn1. The summed E-state index contributed by atoms with van der Waals surface area (Å²) < 4.78 is 15.0. The van der Waals surface area contributed by atoms with E-state index < -0.39 is 6.17 Å². The van der Waals surface area contributed by atoms with E-state index >= 15 is 0 Å². The maximum Gasteiger partial charge on any atom is 0.239 e. The number of likely N-dealkylation sites (tertiary alicyclic amines) is 1. The summed E-state index contributed by atoms with van der Waals surface area (Å²) in [6, 6.07) is 7.99. The zero-order valence-electron chi connectivity index (χ0n) is 15.2. The lowest BCUT2D eigenvalue weighted by Gasteiger charge is -2.27. The van der Waals surface area contributed by atoms with Crippen LogP contribution in [0.4, 0.5) is 10.2 Å². The van der Waals surface area contributed by atoms with E-state index in [0.29, 0.717) is 31.7 Å². The lowest BCUT2D eigenvalue weighted by Crippen LogP contribution is -2.39. The Bertz CT molecular complexity index is 962. The van der Waals surface area contributed by atoms with E-state index in [9.17, 15) is 9.18 Å². The minimum absolute atomic E-state index is 0.123. The number of halogens is 1. The number of aromatic nitrogens is 3. The number of piperidine rings is 1. The first-order chi connectivity index (χ1) is 13.1. The van der Waals surface area contributed by atoms with Crippen LogP contribution in [0.15, 0.2) is 42.9 Å². The molecule has 4 rings (SSSR count). The molecule has 27 heavy (non-hydrogen) atoms. The first kappa shape index (κ1) is 17.6. The van der Waals surface area contributed by atoms with Crippen molar-refractivity contribution in [3.8, 4) is 11.1 Å². The maximum atomic E-state index is 13.2. The molecule has 1 N–H and O–H groups in total. The smallest absolute Gasteiger partial charge is 0.239 e. The third-order valence-electron chi connectivity index (χ3n) is 4.91. The second-order valence-electron chi connectivity index (χ2n) is 7.03. The number of fused-ring (bicyclic) bond motifs is 1. The Balaban J connectivity index is 1.48. The molecular formula is C20H22FN5O. The fraction of sp³-hybridized carbons (Fsp3) is 0.350. The fourth-order valence-corrected chi connectivity index (χ4v) is 3.40. The number of alkyl halides is 1. The van der Waals surface area contributed by atoms with Gasteiger partial charge in [0.05, 0.1) is 12.7 Å². The van der Waals surface area contributed by atoms with Crippen LogP contribution in [-0.2, 0) is 11.8 Å². The molecule has 2 aromatic heterocycles. The second kappa shape index (κ2) is 7.44. The highest BCUT2D eigenvalue weighted by atomic mass is 19.1. The summed E-state index contributed by atoms with van der Waals surface area (Å²) in [6.45, 7) is 1.50. The number of pyridine rings is 1. The first-order valence-electron chi connectivity index (χ1n) is 9.12. The minimum Gasteiger partial charge on any atom is -0.310 e. The van der Waals surface area contributed by atoms with Gasteiger partial charge in [0.15, 0.2) is 0 Å². The molecule has 0 atom stereocenters. The van der Waals surface area contributed by atoms with Crippen molar-refractivity contribution < 1.29 is 9.18 Å². The molecule has 0 unspecified atom stereocenters. The minimum atomic E-state index is -0.736. The lowest BCUT2D eigenvalue weighted by atomic mass is 10.1. The number of aryl methyl sites for hydroxylation is 1. The van der Waals surface area contributed by atoms with Gasteiger partial charge in [0.1, 0.15) is 12.0 Å². The summed E-state index contributed by atoms with van der Waals surface area (Å²) in [5, 5.41) is 9.07. The van der Waals surface area contributed by atoms with Crippen LogP contribution in [0.2, 0.25) is 0 Å². The van der Waals surface area contributed by atoms with Gasteiger partial charge in [-0.2, -0.15) is 5.10 Å². The molecule has 0 radical (unpaired) electrons. The normalized spacial score (nSPS) is 15.9. The van der Waals surface area contributed by atoms with E-state index in [4.69, 9.17) is 0 Å². The Labute approximate surface area is 157 Å². The Kier molecular flexibility index (Phi) is 4.85. The fourth-order valence-electron chi connectivity index (χ4n) is 3.40. The van der Waals surface area contributed by atoms with Crippen LogP contribution in [0.1, 0.15) is 12.8 Å². The Hall–Kier alpha value is -2.80. The number of nitrogens with one attached hydrogen (secondary N) is 1. The summed E-state index contributed by atoms with van der Waals surface area (Å²) in [5.74, 6) is 0.402. The van der Waals surface area contributed by atoms with Crippen molar-refractivity contribution in [3.63, 3.8) is 0 Å². The molecule has 7 heteroatoms. The average molecular weight is 367 g/mol. The first-order valence-corrected chi connectivity index (χ1v) is 9.12. The van der Waals surface area contributed by atoms with Crippen LogP contribution in [-0.4, -0.2) is 51.4 Å². The summed E-state index contributed by atoms with van der Waals surface area (Å²) in [6.07, 6.45) is 5.81. The molecule has 0 aliphatic carbocycles. The van der Waals surface area contributed by atoms with Gasteiger partial charge in [0.2, 0.25) is 5.91 Å². The van der Waals surface area contributed by atoms with E-state index in [1.54, 1.807) is 10.9 Å². The van der Waals surface area contributed by atoms with Crippen molar-refractivity contribution in [2.24, 2.45) is 7.05 Å². The zero-order chi connectivity index (χ0) is 18.8. The van der Waals surface area contributed by atoms with Gasteiger partial charge in [0.25, 0.3) is 0 Å². The highest BCUT2D eigenvalue weighted by molar-refractivity contribution is 5.94. The van der Waals surface area contributed by atoms with Crippen LogP contribution < -0.4 is 5.32 Å². The van der Waals surface area contributed by atoms with Gasteiger partial charge >= 0.3 is 0 Å². The molecule has 0 spiro atoms. The summed E-state index contributed by atoms with van der Waals surface area (Å²) in [7, 11) is 1.89. The number of hydrogen-bond donors (Lipinski definition) is 1. The second-order valence-corrected chi connectivity index (χ2v) is 7.03. The van der Waals surface area contributed by atoms with Crippen molar-refractivity contribution >= 4 is 22.5 Å². The van der Waals surface area contributed by atoms with Gasteiger partial charge in [-0.25, -0.2) is 9.37 Å². The average Bonchev–Trinajstić information content (AvgIpc) is 3.09. The van der Waals surface area contributed by atoms with Crippen molar-refractivity contribution in [2.75, 3.05) is 25.0 Å². The highest BCUT2D eigenvalue weighted by Crippen LogP contribution is 2.25. The maximum absolute atomic E-state index is 13.2. The van der Waals surface area contributed by atoms with Gasteiger partial charge in [-0.1, -0.05) is 12.1 Å². The Morgan fingerprint density at radius 2 is 2.00 bits per heavy atom. The number of amides is 1. The van der Waals surface area contributed by atoms with E-state index in [1.807, 2.05) is 42.5 Å². The lowest BCUT2D eigenvalue weighted by molar-refractivity contribution is -0.117. The van der Waals surface area contributed by atoms with Crippen molar-refractivity contribution in [1.29, 1.82) is 0 Å². The molecule has 1 fully saturated rings. The molecule has 1 aliphatic heterocycles. The molecule has 1 aliphatic rings. The molecular weight excluding hydrogens is 345 g/mol. The standard InChI is InChI=1S/C20H22FN5O/c1-25-12-17(11-23-25)14-2-3-15-10-22-19(9-16(15)8-14)24-20(27)13-26-6-4-18(21)5-7-26/h2-3,8-12,18H,4-7,13H2,1H3,(H,22,24,27). The van der Waals surface area contributed by atoms with Gasteiger partial charge in [-0.05, 0) is 35.9 Å². The molecule has 0 bridgehead atoms. The van der Waals surface area contributed by atoms with Crippen molar-refractivity contribution in [1.82, 2.24) is 19.7 Å². The molecule has 3 aromatic rings. The number of hydrogen-bond acceptors (Lipinski definition) is 4. The summed E-state index contributed by atoms with van der Waals surface area (Å²) >= 11 is 0. The van der Waals surface area contributed by atoms with Crippen LogP contribution in [0.3, 0.4) is 0 Å². The van der Waals surface area contributed by atoms with E-state index in [1.165, 1.54) is 0 Å². The summed E-state index contributed by atoms with van der Waals surface area (Å²) in [4.78, 5) is 18.6. The topological polar surface area (TPSA) is 63.1 Å². The van der Waals surface area contributed by atoms with E-state index in [2.05, 4.69) is 21.5 Å². The molecule has 1 saturated heterocycles. The van der Waals surface area contributed by atoms with Crippen LogP contribution >= 0.6 is 0 Å². The molecule has 1 amide bonds. The van der Waals surface area contributed by atoms with Crippen LogP contribution in [0, 0.1) is 0 Å². The van der Waals surface area contributed by atoms with E-state index in [-0.39, 0.29) is 12.5 Å². The molecule has 0 saturated carbocycles. The Morgan fingerprint density at radius 1 is 1.19 bits per heavy atom. The zero-order valence-corrected chi connectivity index (χ0v) is 15.2. The predicted molar refractivity (Wildman–Crippen MR) is 103 cm³/mol. The van der Waals surface area contributed by atoms with Gasteiger partial charge in [-0.15, -0.1) is 0 Å². The van der Waals surface area contributed by atoms with Gasteiger partial charge in [-0.3, -0.25) is 14.4 Å². The number of carbonyl (C=O) groups excluding carboxylic acids is 1. The van der Waals surface area contributed by atoms with Crippen molar-refractivity contribution in [3.05, 3.63) is 42.9 Å². The number of benzene rings is 1. The highest BCUT2D eigenvalue weighted by Gasteiger charge is 2.20. The van der Waals surface area contributed by atoms with Crippen molar-refractivity contribution in [2.45, 2.75) is 19.0 Å². The van der Waals surface area contributed by atoms with Crippen LogP contribution in [0.5, 0.6) is 0 Å². The third kappa shape index (κ3) is 4.14. The van der Waals surface area contributed by atoms with Crippen LogP contribution in [0.25, 0.3) is 21.9 Å². The molecule has 6 nitrogen and oxygen atoms in total. The molecule has 140 valence electrons. The van der Waals surface area contributed by atoms with Gasteiger partial charge < -0.3 is 5.32 Å². The monoisotopic (exact) mass is 367 g/mol. The number of rotatable bonds is 4. The largest absolute Gasteiger partial charge is 0.310 e. The number of anilines is 1. The number of nitrogens with zero attached hydrogens (tertiary/aromatic N) is 4. The third-order valence-corrected chi connectivity index (χ3v) is 4.91.